The Balaban J connectivity index is 2.42. The number of nitrogens with zero attached hydrogens (tertiary/aromatic N) is 2. The first-order valence-electron chi connectivity index (χ1n) is 5.38. The zero-order valence-corrected chi connectivity index (χ0v) is 12.0. The number of rotatable bonds is 3. The first-order valence-corrected chi connectivity index (χ1v) is 7.24. The van der Waals surface area contributed by atoms with Crippen LogP contribution in [0, 0.1) is 6.92 Å². The molecule has 0 spiro atoms. The van der Waals surface area contributed by atoms with Crippen LogP contribution in [0.4, 0.5) is 11.5 Å². The maximum absolute atomic E-state index is 12.2. The van der Waals surface area contributed by atoms with Crippen LogP contribution in [-0.2, 0) is 17.1 Å². The van der Waals surface area contributed by atoms with Crippen molar-refractivity contribution in [3.05, 3.63) is 35.0 Å². The highest BCUT2D eigenvalue weighted by Gasteiger charge is 2.21. The Morgan fingerprint density at radius 2 is 2.11 bits per heavy atom. The fraction of sp³-hybridized carbons (Fsp3) is 0.182. The molecule has 1 aromatic carbocycles. The van der Waals surface area contributed by atoms with Crippen molar-refractivity contribution >= 4 is 33.1 Å². The number of aromatic nitrogens is 2. The zero-order valence-electron chi connectivity index (χ0n) is 10.4. The molecule has 0 radical (unpaired) electrons. The van der Waals surface area contributed by atoms with Crippen molar-refractivity contribution in [3.8, 4) is 0 Å². The maximum atomic E-state index is 12.2. The van der Waals surface area contributed by atoms with Gasteiger partial charge < -0.3 is 5.73 Å². The molecule has 0 aliphatic carbocycles. The molecule has 8 heteroatoms. The molecular weight excluding hydrogens is 288 g/mol. The Morgan fingerprint density at radius 3 is 2.68 bits per heavy atom. The lowest BCUT2D eigenvalue weighted by Crippen LogP contribution is -2.14. The standard InChI is InChI=1S/C11H13ClN4O2S/c1-7-8(12)4-3-5-9(7)15-19(17,18)10-6-16(2)14-11(10)13/h3-6,15H,1-2H3,(H2,13,14). The minimum atomic E-state index is -3.78. The number of aryl methyl sites for hydroxylation is 1. The van der Waals surface area contributed by atoms with Gasteiger partial charge in [0.15, 0.2) is 5.82 Å². The average molecular weight is 301 g/mol. The SMILES string of the molecule is Cc1c(Cl)cccc1NS(=O)(=O)c1cn(C)nc1N. The predicted molar refractivity (Wildman–Crippen MR) is 74.6 cm³/mol. The van der Waals surface area contributed by atoms with Crippen molar-refractivity contribution in [2.75, 3.05) is 10.5 Å². The van der Waals surface area contributed by atoms with E-state index in [-0.39, 0.29) is 10.7 Å². The second-order valence-corrected chi connectivity index (χ2v) is 6.13. The highest BCUT2D eigenvalue weighted by atomic mass is 35.5. The molecule has 19 heavy (non-hydrogen) atoms. The zero-order chi connectivity index (χ0) is 14.2. The summed E-state index contributed by atoms with van der Waals surface area (Å²) in [5.41, 5.74) is 6.63. The normalized spacial score (nSPS) is 11.5. The van der Waals surface area contributed by atoms with E-state index >= 15 is 0 Å². The van der Waals surface area contributed by atoms with E-state index in [0.29, 0.717) is 16.3 Å². The van der Waals surface area contributed by atoms with Crippen molar-refractivity contribution in [1.82, 2.24) is 9.78 Å². The third-order valence-corrected chi connectivity index (χ3v) is 4.42. The first-order chi connectivity index (χ1) is 8.81. The van der Waals surface area contributed by atoms with E-state index in [0.717, 1.165) is 0 Å². The quantitative estimate of drug-likeness (QED) is 0.904. The largest absolute Gasteiger partial charge is 0.381 e. The summed E-state index contributed by atoms with van der Waals surface area (Å²) in [5, 5.41) is 4.29. The molecule has 1 heterocycles. The van der Waals surface area contributed by atoms with Crippen LogP contribution in [0.25, 0.3) is 0 Å². The van der Waals surface area contributed by atoms with Crippen LogP contribution < -0.4 is 10.5 Å². The molecule has 0 saturated heterocycles. The van der Waals surface area contributed by atoms with Crippen LogP contribution >= 0.6 is 11.6 Å². The van der Waals surface area contributed by atoms with E-state index in [1.54, 1.807) is 32.2 Å². The molecule has 0 saturated carbocycles. The molecule has 0 atom stereocenters. The van der Waals surface area contributed by atoms with Crippen LogP contribution in [0.5, 0.6) is 0 Å². The summed E-state index contributed by atoms with van der Waals surface area (Å²) in [6.07, 6.45) is 1.34. The third-order valence-electron chi connectivity index (χ3n) is 2.62. The van der Waals surface area contributed by atoms with Crippen LogP contribution in [-0.4, -0.2) is 18.2 Å². The first kappa shape index (κ1) is 13.7. The molecule has 0 amide bonds. The molecule has 0 fully saturated rings. The molecule has 1 aromatic heterocycles. The number of anilines is 2. The molecule has 0 unspecified atom stereocenters. The second kappa shape index (κ2) is 4.75. The summed E-state index contributed by atoms with van der Waals surface area (Å²) in [6.45, 7) is 1.73. The summed E-state index contributed by atoms with van der Waals surface area (Å²) in [4.78, 5) is -0.0608. The number of nitrogens with two attached hydrogens (primary N) is 1. The van der Waals surface area contributed by atoms with Crippen molar-refractivity contribution < 1.29 is 8.42 Å². The van der Waals surface area contributed by atoms with Gasteiger partial charge in [-0.2, -0.15) is 5.10 Å². The molecule has 0 aliphatic heterocycles. The Labute approximate surface area is 116 Å². The minimum Gasteiger partial charge on any atom is -0.381 e. The highest BCUT2D eigenvalue weighted by Crippen LogP contribution is 2.26. The summed E-state index contributed by atoms with van der Waals surface area (Å²) < 4.78 is 28.2. The van der Waals surface area contributed by atoms with Gasteiger partial charge in [0.1, 0.15) is 4.90 Å². The van der Waals surface area contributed by atoms with E-state index in [2.05, 4.69) is 9.82 Å². The Morgan fingerprint density at radius 1 is 1.42 bits per heavy atom. The topological polar surface area (TPSA) is 90.0 Å². The van der Waals surface area contributed by atoms with E-state index in [1.807, 2.05) is 0 Å². The molecule has 0 aliphatic rings. The fourth-order valence-corrected chi connectivity index (χ4v) is 3.01. The summed E-state index contributed by atoms with van der Waals surface area (Å²) in [5.74, 6) is -0.0466. The Hall–Kier alpha value is -1.73. The molecule has 0 bridgehead atoms. The van der Waals surface area contributed by atoms with E-state index in [4.69, 9.17) is 17.3 Å². The van der Waals surface area contributed by atoms with Gasteiger partial charge in [-0.15, -0.1) is 0 Å². The van der Waals surface area contributed by atoms with Crippen LogP contribution in [0.2, 0.25) is 5.02 Å². The van der Waals surface area contributed by atoms with Gasteiger partial charge in [0.2, 0.25) is 0 Å². The Kier molecular flexibility index (Phi) is 3.42. The van der Waals surface area contributed by atoms with Gasteiger partial charge in [-0.3, -0.25) is 9.40 Å². The summed E-state index contributed by atoms with van der Waals surface area (Å²) >= 11 is 5.95. The molecule has 2 rings (SSSR count). The van der Waals surface area contributed by atoms with Gasteiger partial charge in [-0.05, 0) is 24.6 Å². The number of hydrogen-bond donors (Lipinski definition) is 2. The number of hydrogen-bond acceptors (Lipinski definition) is 4. The van der Waals surface area contributed by atoms with E-state index in [9.17, 15) is 8.42 Å². The number of halogens is 1. The Bertz CT molecular complexity index is 724. The number of nitrogen functional groups attached to an aromatic ring is 1. The van der Waals surface area contributed by atoms with Crippen LogP contribution in [0.3, 0.4) is 0 Å². The van der Waals surface area contributed by atoms with Gasteiger partial charge in [-0.1, -0.05) is 17.7 Å². The lowest BCUT2D eigenvalue weighted by Gasteiger charge is -2.10. The molecule has 6 nitrogen and oxygen atoms in total. The smallest absolute Gasteiger partial charge is 0.267 e. The number of sulfonamides is 1. The second-order valence-electron chi connectivity index (χ2n) is 4.07. The van der Waals surface area contributed by atoms with Crippen molar-refractivity contribution in [2.45, 2.75) is 11.8 Å². The van der Waals surface area contributed by atoms with Gasteiger partial charge in [0.05, 0.1) is 5.69 Å². The summed E-state index contributed by atoms with van der Waals surface area (Å²) in [7, 11) is -2.18. The predicted octanol–water partition coefficient (Wildman–Crippen LogP) is 1.76. The van der Waals surface area contributed by atoms with Crippen LogP contribution in [0.15, 0.2) is 29.3 Å². The lowest BCUT2D eigenvalue weighted by molar-refractivity contribution is 0.601. The fourth-order valence-electron chi connectivity index (χ4n) is 1.61. The maximum Gasteiger partial charge on any atom is 0.267 e. The monoisotopic (exact) mass is 300 g/mol. The molecule has 2 aromatic rings. The van der Waals surface area contributed by atoms with Gasteiger partial charge in [-0.25, -0.2) is 8.42 Å². The molecule has 3 N–H and O–H groups in total. The number of nitrogens with one attached hydrogen (secondary N) is 1. The van der Waals surface area contributed by atoms with E-state index < -0.39 is 10.0 Å². The van der Waals surface area contributed by atoms with Gasteiger partial charge in [0, 0.05) is 18.3 Å². The van der Waals surface area contributed by atoms with E-state index in [1.165, 1.54) is 10.9 Å². The lowest BCUT2D eigenvalue weighted by atomic mass is 10.2. The third kappa shape index (κ3) is 2.66. The van der Waals surface area contributed by atoms with Gasteiger partial charge in [0.25, 0.3) is 10.0 Å². The average Bonchev–Trinajstić information content (AvgIpc) is 2.65. The van der Waals surface area contributed by atoms with Crippen molar-refractivity contribution in [3.63, 3.8) is 0 Å². The molecule has 102 valence electrons. The number of benzene rings is 1. The summed E-state index contributed by atoms with van der Waals surface area (Å²) in [6, 6.07) is 4.98. The molecular formula is C11H13ClN4O2S. The van der Waals surface area contributed by atoms with Crippen molar-refractivity contribution in [2.24, 2.45) is 7.05 Å². The minimum absolute atomic E-state index is 0.0466. The van der Waals surface area contributed by atoms with Gasteiger partial charge >= 0.3 is 0 Å². The highest BCUT2D eigenvalue weighted by molar-refractivity contribution is 7.92. The van der Waals surface area contributed by atoms with Crippen LogP contribution in [0.1, 0.15) is 5.56 Å². The van der Waals surface area contributed by atoms with Crippen molar-refractivity contribution in [1.29, 1.82) is 0 Å².